The highest BCUT2D eigenvalue weighted by molar-refractivity contribution is 6.15. The van der Waals surface area contributed by atoms with E-state index in [2.05, 4.69) is 10.3 Å². The van der Waals surface area contributed by atoms with Crippen LogP contribution in [0, 0.1) is 0 Å². The largest absolute Gasteiger partial charge is 0.341 e. The summed E-state index contributed by atoms with van der Waals surface area (Å²) in [5, 5.41) is 3.38. The van der Waals surface area contributed by atoms with E-state index in [0.717, 1.165) is 10.9 Å². The van der Waals surface area contributed by atoms with Gasteiger partial charge in [0.05, 0.1) is 12.1 Å². The van der Waals surface area contributed by atoms with Crippen molar-refractivity contribution >= 4 is 28.4 Å². The summed E-state index contributed by atoms with van der Waals surface area (Å²) in [6.45, 7) is 1.30. The van der Waals surface area contributed by atoms with Gasteiger partial charge in [0.2, 0.25) is 5.91 Å². The second kappa shape index (κ2) is 4.39. The van der Waals surface area contributed by atoms with Crippen LogP contribution in [0.5, 0.6) is 0 Å². The van der Waals surface area contributed by atoms with Crippen molar-refractivity contribution in [3.05, 3.63) is 29.8 Å². The Labute approximate surface area is 98.0 Å². The van der Waals surface area contributed by atoms with E-state index in [1.54, 1.807) is 0 Å². The number of nitrogens with one attached hydrogen (secondary N) is 2. The van der Waals surface area contributed by atoms with Crippen molar-refractivity contribution in [2.75, 3.05) is 11.9 Å². The van der Waals surface area contributed by atoms with Crippen LogP contribution < -0.4 is 11.1 Å². The summed E-state index contributed by atoms with van der Waals surface area (Å²) >= 11 is 0. The Balaban J connectivity index is 2.64. The maximum absolute atomic E-state index is 11.8. The zero-order chi connectivity index (χ0) is 12.4. The fourth-order valence-electron chi connectivity index (χ4n) is 1.80. The maximum atomic E-state index is 11.8. The van der Waals surface area contributed by atoms with Gasteiger partial charge in [-0.05, 0) is 6.07 Å². The molecule has 0 saturated heterocycles. The molecular weight excluding hydrogens is 218 g/mol. The number of benzene rings is 1. The van der Waals surface area contributed by atoms with E-state index in [4.69, 9.17) is 5.73 Å². The number of para-hydroxylation sites is 1. The number of hydrogen-bond donors (Lipinski definition) is 3. The molecule has 1 aromatic heterocycles. The van der Waals surface area contributed by atoms with Crippen LogP contribution in [0.25, 0.3) is 10.9 Å². The van der Waals surface area contributed by atoms with Gasteiger partial charge in [0.25, 0.3) is 0 Å². The lowest BCUT2D eigenvalue weighted by Crippen LogP contribution is -2.16. The third-order valence-electron chi connectivity index (χ3n) is 2.47. The zero-order valence-corrected chi connectivity index (χ0v) is 9.41. The van der Waals surface area contributed by atoms with Gasteiger partial charge in [-0.3, -0.25) is 9.59 Å². The second-order valence-corrected chi connectivity index (χ2v) is 3.73. The summed E-state index contributed by atoms with van der Waals surface area (Å²) in [5.74, 6) is -0.0250. The molecule has 0 unspecified atom stereocenters. The van der Waals surface area contributed by atoms with Gasteiger partial charge in [0.15, 0.2) is 5.78 Å². The summed E-state index contributed by atoms with van der Waals surface area (Å²) in [6, 6.07) is 7.35. The summed E-state index contributed by atoms with van der Waals surface area (Å²) < 4.78 is 0. The number of aromatic amines is 1. The minimum absolute atomic E-state index is 0.0889. The SMILES string of the molecule is CC(=O)Nc1[nH]c2ccccc2c1C(=O)CN. The molecule has 0 aliphatic rings. The van der Waals surface area contributed by atoms with E-state index in [1.165, 1.54) is 6.92 Å². The van der Waals surface area contributed by atoms with E-state index in [-0.39, 0.29) is 18.2 Å². The van der Waals surface area contributed by atoms with Gasteiger partial charge in [0, 0.05) is 17.8 Å². The number of nitrogens with two attached hydrogens (primary N) is 1. The van der Waals surface area contributed by atoms with Crippen molar-refractivity contribution in [3.63, 3.8) is 0 Å². The van der Waals surface area contributed by atoms with E-state index >= 15 is 0 Å². The van der Waals surface area contributed by atoms with E-state index in [9.17, 15) is 9.59 Å². The number of fused-ring (bicyclic) bond motifs is 1. The Morgan fingerprint density at radius 1 is 1.35 bits per heavy atom. The molecule has 0 bridgehead atoms. The van der Waals surface area contributed by atoms with E-state index in [0.29, 0.717) is 11.4 Å². The van der Waals surface area contributed by atoms with Crippen LogP contribution in [0.2, 0.25) is 0 Å². The van der Waals surface area contributed by atoms with Crippen LogP contribution in [0.15, 0.2) is 24.3 Å². The number of rotatable bonds is 3. The van der Waals surface area contributed by atoms with Gasteiger partial charge in [-0.2, -0.15) is 0 Å². The zero-order valence-electron chi connectivity index (χ0n) is 9.41. The Bertz CT molecular complexity index is 586. The fraction of sp³-hybridized carbons (Fsp3) is 0.167. The number of hydrogen-bond acceptors (Lipinski definition) is 3. The van der Waals surface area contributed by atoms with Crippen molar-refractivity contribution in [1.29, 1.82) is 0 Å². The highest BCUT2D eigenvalue weighted by Crippen LogP contribution is 2.26. The predicted molar refractivity (Wildman–Crippen MR) is 66.0 cm³/mol. The molecule has 4 N–H and O–H groups in total. The smallest absolute Gasteiger partial charge is 0.222 e. The van der Waals surface area contributed by atoms with Crippen molar-refractivity contribution in [2.24, 2.45) is 5.73 Å². The lowest BCUT2D eigenvalue weighted by molar-refractivity contribution is -0.114. The molecule has 0 fully saturated rings. The molecule has 0 atom stereocenters. The first kappa shape index (κ1) is 11.3. The van der Waals surface area contributed by atoms with Gasteiger partial charge >= 0.3 is 0 Å². The van der Waals surface area contributed by atoms with Crippen molar-refractivity contribution in [1.82, 2.24) is 4.98 Å². The number of carbonyl (C=O) groups is 2. The monoisotopic (exact) mass is 231 g/mol. The van der Waals surface area contributed by atoms with Gasteiger partial charge in [0.1, 0.15) is 5.82 Å². The third kappa shape index (κ3) is 2.05. The quantitative estimate of drug-likeness (QED) is 0.695. The molecule has 0 spiro atoms. The molecule has 2 rings (SSSR count). The Morgan fingerprint density at radius 3 is 2.71 bits per heavy atom. The van der Waals surface area contributed by atoms with Gasteiger partial charge in [-0.15, -0.1) is 0 Å². The van der Waals surface area contributed by atoms with Crippen LogP contribution in [0.3, 0.4) is 0 Å². The minimum atomic E-state index is -0.234. The Hall–Kier alpha value is -2.14. The molecule has 88 valence electrons. The van der Waals surface area contributed by atoms with Gasteiger partial charge in [-0.1, -0.05) is 18.2 Å². The summed E-state index contributed by atoms with van der Waals surface area (Å²) in [7, 11) is 0. The molecule has 1 aromatic carbocycles. The number of Topliss-reactive ketones (excluding diaryl/α,β-unsaturated/α-hetero) is 1. The summed E-state index contributed by atoms with van der Waals surface area (Å²) in [6.07, 6.45) is 0. The minimum Gasteiger partial charge on any atom is -0.341 e. The molecule has 1 amide bonds. The molecule has 0 aliphatic carbocycles. The van der Waals surface area contributed by atoms with Crippen molar-refractivity contribution in [2.45, 2.75) is 6.92 Å². The van der Waals surface area contributed by atoms with Gasteiger partial charge in [-0.25, -0.2) is 0 Å². The Kier molecular flexibility index (Phi) is 2.93. The predicted octanol–water partition coefficient (Wildman–Crippen LogP) is 1.27. The lowest BCUT2D eigenvalue weighted by atomic mass is 10.1. The average Bonchev–Trinajstić information content (AvgIpc) is 2.65. The van der Waals surface area contributed by atoms with E-state index in [1.807, 2.05) is 24.3 Å². The molecule has 5 nitrogen and oxygen atoms in total. The number of H-pyrrole nitrogens is 1. The van der Waals surface area contributed by atoms with E-state index < -0.39 is 0 Å². The highest BCUT2D eigenvalue weighted by Gasteiger charge is 2.17. The number of ketones is 1. The normalized spacial score (nSPS) is 10.5. The first-order valence-electron chi connectivity index (χ1n) is 5.25. The molecular formula is C12H13N3O2. The Morgan fingerprint density at radius 2 is 2.06 bits per heavy atom. The lowest BCUT2D eigenvalue weighted by Gasteiger charge is -2.02. The first-order chi connectivity index (χ1) is 8.13. The van der Waals surface area contributed by atoms with Crippen LogP contribution in [0.4, 0.5) is 5.82 Å². The van der Waals surface area contributed by atoms with Gasteiger partial charge < -0.3 is 16.0 Å². The molecule has 17 heavy (non-hydrogen) atoms. The maximum Gasteiger partial charge on any atom is 0.222 e. The average molecular weight is 231 g/mol. The van der Waals surface area contributed by atoms with Crippen molar-refractivity contribution in [3.8, 4) is 0 Å². The number of aromatic nitrogens is 1. The number of anilines is 1. The standard InChI is InChI=1S/C12H13N3O2/c1-7(16)14-12-11(10(17)6-13)8-4-2-3-5-9(8)15-12/h2-5,15H,6,13H2,1H3,(H,14,16). The molecule has 0 aliphatic heterocycles. The second-order valence-electron chi connectivity index (χ2n) is 3.73. The number of amides is 1. The molecule has 0 radical (unpaired) electrons. The highest BCUT2D eigenvalue weighted by atomic mass is 16.1. The topological polar surface area (TPSA) is 88.0 Å². The third-order valence-corrected chi connectivity index (χ3v) is 2.47. The van der Waals surface area contributed by atoms with Crippen LogP contribution in [-0.2, 0) is 4.79 Å². The summed E-state index contributed by atoms with van der Waals surface area (Å²) in [4.78, 5) is 25.9. The van der Waals surface area contributed by atoms with Crippen molar-refractivity contribution < 1.29 is 9.59 Å². The molecule has 0 saturated carbocycles. The summed E-state index contributed by atoms with van der Waals surface area (Å²) in [5.41, 5.74) is 6.62. The first-order valence-corrected chi connectivity index (χ1v) is 5.25. The van der Waals surface area contributed by atoms with Crippen LogP contribution in [-0.4, -0.2) is 23.2 Å². The van der Waals surface area contributed by atoms with Crippen LogP contribution >= 0.6 is 0 Å². The molecule has 2 aromatic rings. The van der Waals surface area contributed by atoms with Crippen LogP contribution in [0.1, 0.15) is 17.3 Å². The number of carbonyl (C=O) groups excluding carboxylic acids is 2. The molecule has 1 heterocycles. The fourth-order valence-corrected chi connectivity index (χ4v) is 1.80. The molecule has 5 heteroatoms.